The molecule has 2 aromatic heterocycles. The molecule has 0 bridgehead atoms. The summed E-state index contributed by atoms with van der Waals surface area (Å²) in [6.45, 7) is 0. The summed E-state index contributed by atoms with van der Waals surface area (Å²) in [5, 5.41) is 6.58. The van der Waals surface area contributed by atoms with Crippen molar-refractivity contribution < 1.29 is 4.74 Å². The van der Waals surface area contributed by atoms with E-state index in [0.717, 1.165) is 27.5 Å². The molecule has 0 unspecified atom stereocenters. The molecule has 23 heavy (non-hydrogen) atoms. The van der Waals surface area contributed by atoms with Gasteiger partial charge < -0.3 is 4.74 Å². The lowest BCUT2D eigenvalue weighted by Crippen LogP contribution is -2.11. The quantitative estimate of drug-likeness (QED) is 0.693. The van der Waals surface area contributed by atoms with Crippen LogP contribution in [0.2, 0.25) is 0 Å². The van der Waals surface area contributed by atoms with Crippen molar-refractivity contribution in [3.63, 3.8) is 0 Å². The van der Waals surface area contributed by atoms with Crippen molar-refractivity contribution in [3.05, 3.63) is 64.5 Å². The fourth-order valence-corrected chi connectivity index (χ4v) is 2.90. The minimum absolute atomic E-state index is 0.800. The van der Waals surface area contributed by atoms with Crippen molar-refractivity contribution >= 4 is 17.6 Å². The van der Waals surface area contributed by atoms with E-state index in [-0.39, 0.29) is 0 Å². The number of thiazole rings is 1. The first-order valence-corrected chi connectivity index (χ1v) is 7.93. The summed E-state index contributed by atoms with van der Waals surface area (Å²) in [4.78, 5) is 9.36. The molecule has 1 aromatic carbocycles. The second-order valence-electron chi connectivity index (χ2n) is 4.67. The van der Waals surface area contributed by atoms with Gasteiger partial charge in [0.2, 0.25) is 4.80 Å². The molecule has 0 N–H and O–H groups in total. The zero-order valence-electron chi connectivity index (χ0n) is 12.9. The first-order valence-electron chi connectivity index (χ1n) is 7.05. The molecular formula is C17H16N4OS. The van der Waals surface area contributed by atoms with Crippen LogP contribution in [-0.4, -0.2) is 30.0 Å². The highest BCUT2D eigenvalue weighted by Crippen LogP contribution is 2.22. The number of aromatic nitrogens is 2. The summed E-state index contributed by atoms with van der Waals surface area (Å²) >= 11 is 1.55. The summed E-state index contributed by atoms with van der Waals surface area (Å²) in [5.41, 5.74) is 2.83. The van der Waals surface area contributed by atoms with Gasteiger partial charge in [0.15, 0.2) is 0 Å². The van der Waals surface area contributed by atoms with Crippen molar-refractivity contribution in [2.45, 2.75) is 0 Å². The van der Waals surface area contributed by atoms with Gasteiger partial charge in [-0.2, -0.15) is 5.10 Å². The minimum Gasteiger partial charge on any atom is -0.497 e. The Morgan fingerprint density at radius 2 is 2.00 bits per heavy atom. The molecule has 6 heteroatoms. The molecule has 0 spiro atoms. The van der Waals surface area contributed by atoms with Crippen LogP contribution in [0.3, 0.4) is 0 Å². The average Bonchev–Trinajstić information content (AvgIpc) is 3.04. The lowest BCUT2D eigenvalue weighted by molar-refractivity contribution is 0.415. The van der Waals surface area contributed by atoms with Crippen LogP contribution in [0.1, 0.15) is 5.69 Å². The second-order valence-corrected chi connectivity index (χ2v) is 5.50. The summed E-state index contributed by atoms with van der Waals surface area (Å²) in [7, 11) is 3.42. The largest absolute Gasteiger partial charge is 0.497 e. The fourth-order valence-electron chi connectivity index (χ4n) is 2.09. The monoisotopic (exact) mass is 324 g/mol. The van der Waals surface area contributed by atoms with Crippen molar-refractivity contribution in [1.82, 2.24) is 9.66 Å². The number of ether oxygens (including phenoxy) is 1. The lowest BCUT2D eigenvalue weighted by Gasteiger charge is -2.04. The van der Waals surface area contributed by atoms with Crippen molar-refractivity contribution in [2.24, 2.45) is 10.1 Å². The Bertz CT molecular complexity index is 864. The third-order valence-electron chi connectivity index (χ3n) is 3.26. The predicted molar refractivity (Wildman–Crippen MR) is 93.0 cm³/mol. The van der Waals surface area contributed by atoms with Gasteiger partial charge in [0.1, 0.15) is 5.75 Å². The van der Waals surface area contributed by atoms with Crippen LogP contribution < -0.4 is 9.54 Å². The molecule has 0 radical (unpaired) electrons. The standard InChI is InChI=1S/C17H16N4OS/c1-18-17-21(20-11-14-5-3-4-10-19-14)16(12-23-17)13-6-8-15(22-2)9-7-13/h3-12H,1-2H3/b18-17?,20-11-. The van der Waals surface area contributed by atoms with E-state index in [9.17, 15) is 0 Å². The average molecular weight is 324 g/mol. The fraction of sp³-hybridized carbons (Fsp3) is 0.118. The van der Waals surface area contributed by atoms with E-state index in [1.807, 2.05) is 52.5 Å². The topological polar surface area (TPSA) is 51.8 Å². The van der Waals surface area contributed by atoms with Gasteiger partial charge in [-0.05, 0) is 36.4 Å². The van der Waals surface area contributed by atoms with Crippen LogP contribution in [0.15, 0.2) is 64.1 Å². The Morgan fingerprint density at radius 3 is 2.65 bits per heavy atom. The van der Waals surface area contributed by atoms with E-state index in [4.69, 9.17) is 4.74 Å². The highest BCUT2D eigenvalue weighted by Gasteiger charge is 2.07. The summed E-state index contributed by atoms with van der Waals surface area (Å²) in [6.07, 6.45) is 3.48. The van der Waals surface area contributed by atoms with Gasteiger partial charge in [0, 0.05) is 24.2 Å². The SMILES string of the molecule is CN=c1scc(-c2ccc(OC)cc2)n1/N=C\c1ccccn1. The number of methoxy groups -OCH3 is 1. The summed E-state index contributed by atoms with van der Waals surface area (Å²) in [5.74, 6) is 0.827. The summed E-state index contributed by atoms with van der Waals surface area (Å²) < 4.78 is 7.03. The second kappa shape index (κ2) is 7.02. The van der Waals surface area contributed by atoms with E-state index >= 15 is 0 Å². The Balaban J connectivity index is 2.02. The Hall–Kier alpha value is -2.73. The van der Waals surface area contributed by atoms with Gasteiger partial charge in [-0.25, -0.2) is 4.68 Å². The number of hydrogen-bond donors (Lipinski definition) is 0. The maximum absolute atomic E-state index is 5.21. The molecule has 0 aliphatic carbocycles. The number of pyridine rings is 1. The molecule has 3 rings (SSSR count). The number of nitrogens with zero attached hydrogens (tertiary/aromatic N) is 4. The van der Waals surface area contributed by atoms with Crippen molar-refractivity contribution in [3.8, 4) is 17.0 Å². The highest BCUT2D eigenvalue weighted by molar-refractivity contribution is 7.07. The predicted octanol–water partition coefficient (Wildman–Crippen LogP) is 3.03. The number of rotatable bonds is 4. The van der Waals surface area contributed by atoms with E-state index in [0.29, 0.717) is 0 Å². The van der Waals surface area contributed by atoms with Crippen LogP contribution in [0.5, 0.6) is 5.75 Å². The van der Waals surface area contributed by atoms with Crippen LogP contribution in [-0.2, 0) is 0 Å². The minimum atomic E-state index is 0.800. The molecule has 0 fully saturated rings. The Kier molecular flexibility index (Phi) is 4.63. The molecule has 0 atom stereocenters. The zero-order chi connectivity index (χ0) is 16.1. The van der Waals surface area contributed by atoms with Gasteiger partial charge in [0.05, 0.1) is 24.7 Å². The molecule has 0 aliphatic rings. The van der Waals surface area contributed by atoms with Crippen LogP contribution >= 0.6 is 11.3 Å². The maximum Gasteiger partial charge on any atom is 0.205 e. The third-order valence-corrected chi connectivity index (χ3v) is 4.16. The van der Waals surface area contributed by atoms with Crippen molar-refractivity contribution in [1.29, 1.82) is 0 Å². The Labute approximate surface area is 138 Å². The Morgan fingerprint density at radius 1 is 1.17 bits per heavy atom. The van der Waals surface area contributed by atoms with Gasteiger partial charge in [-0.15, -0.1) is 11.3 Å². The van der Waals surface area contributed by atoms with Gasteiger partial charge >= 0.3 is 0 Å². The molecule has 3 aromatic rings. The van der Waals surface area contributed by atoms with Crippen LogP contribution in [0.4, 0.5) is 0 Å². The molecule has 0 aliphatic heterocycles. The molecule has 0 saturated carbocycles. The lowest BCUT2D eigenvalue weighted by atomic mass is 10.2. The van der Waals surface area contributed by atoms with E-state index in [1.54, 1.807) is 37.9 Å². The summed E-state index contributed by atoms with van der Waals surface area (Å²) in [6, 6.07) is 13.6. The molecule has 5 nitrogen and oxygen atoms in total. The maximum atomic E-state index is 5.21. The molecule has 2 heterocycles. The van der Waals surface area contributed by atoms with Gasteiger partial charge in [-0.1, -0.05) is 6.07 Å². The number of hydrogen-bond acceptors (Lipinski definition) is 5. The van der Waals surface area contributed by atoms with E-state index < -0.39 is 0 Å². The molecule has 0 amide bonds. The van der Waals surface area contributed by atoms with Crippen molar-refractivity contribution in [2.75, 3.05) is 14.2 Å². The van der Waals surface area contributed by atoms with E-state index in [1.165, 1.54) is 0 Å². The highest BCUT2D eigenvalue weighted by atomic mass is 32.1. The van der Waals surface area contributed by atoms with Gasteiger partial charge in [0.25, 0.3) is 0 Å². The zero-order valence-corrected chi connectivity index (χ0v) is 13.7. The van der Waals surface area contributed by atoms with E-state index in [2.05, 4.69) is 15.1 Å². The molecular weight excluding hydrogens is 308 g/mol. The number of benzene rings is 1. The first kappa shape index (κ1) is 15.2. The van der Waals surface area contributed by atoms with Gasteiger partial charge in [-0.3, -0.25) is 9.98 Å². The first-order chi connectivity index (χ1) is 11.3. The molecule has 116 valence electrons. The molecule has 0 saturated heterocycles. The third kappa shape index (κ3) is 3.37. The van der Waals surface area contributed by atoms with Crippen LogP contribution in [0, 0.1) is 0 Å². The smallest absolute Gasteiger partial charge is 0.205 e. The van der Waals surface area contributed by atoms with Crippen LogP contribution in [0.25, 0.3) is 11.3 Å². The normalized spacial score (nSPS) is 12.0.